The van der Waals surface area contributed by atoms with Crippen LogP contribution in [0.15, 0.2) is 65.8 Å². The summed E-state index contributed by atoms with van der Waals surface area (Å²) in [4.78, 5) is 8.71. The molecule has 0 fully saturated rings. The molecule has 0 aliphatic heterocycles. The van der Waals surface area contributed by atoms with Crippen LogP contribution >= 0.6 is 0 Å². The van der Waals surface area contributed by atoms with E-state index in [1.807, 2.05) is 30.5 Å². The van der Waals surface area contributed by atoms with Gasteiger partial charge in [-0.05, 0) is 35.7 Å². The molecule has 0 aliphatic carbocycles. The van der Waals surface area contributed by atoms with E-state index < -0.39 is 0 Å². The number of hydrogen-bond donors (Lipinski definition) is 2. The van der Waals surface area contributed by atoms with Crippen molar-refractivity contribution < 1.29 is 0 Å². The SMILES string of the molecule is CN=C(NCc1ccccc1C)NCc1ccnc2ccccc12. The van der Waals surface area contributed by atoms with Crippen molar-refractivity contribution >= 4 is 16.9 Å². The maximum absolute atomic E-state index is 4.40. The molecule has 0 unspecified atom stereocenters. The predicted octanol–water partition coefficient (Wildman–Crippen LogP) is 3.41. The van der Waals surface area contributed by atoms with Gasteiger partial charge < -0.3 is 10.6 Å². The van der Waals surface area contributed by atoms with E-state index in [1.165, 1.54) is 22.1 Å². The van der Waals surface area contributed by atoms with Crippen LogP contribution in [-0.2, 0) is 13.1 Å². The van der Waals surface area contributed by atoms with Gasteiger partial charge in [0.2, 0.25) is 0 Å². The van der Waals surface area contributed by atoms with Gasteiger partial charge in [-0.3, -0.25) is 9.98 Å². The zero-order chi connectivity index (χ0) is 16.8. The van der Waals surface area contributed by atoms with Gasteiger partial charge in [0.05, 0.1) is 5.52 Å². The Bertz CT molecular complexity index is 850. The van der Waals surface area contributed by atoms with Gasteiger partial charge >= 0.3 is 0 Å². The Labute approximate surface area is 142 Å². The largest absolute Gasteiger partial charge is 0.352 e. The van der Waals surface area contributed by atoms with E-state index in [0.717, 1.165) is 18.0 Å². The lowest BCUT2D eigenvalue weighted by Gasteiger charge is -2.14. The second-order valence-electron chi connectivity index (χ2n) is 5.69. The number of fused-ring (bicyclic) bond motifs is 1. The fourth-order valence-corrected chi connectivity index (χ4v) is 2.70. The highest BCUT2D eigenvalue weighted by molar-refractivity contribution is 5.83. The molecule has 3 aromatic rings. The van der Waals surface area contributed by atoms with Crippen LogP contribution in [0.3, 0.4) is 0 Å². The van der Waals surface area contributed by atoms with E-state index in [0.29, 0.717) is 6.54 Å². The number of aliphatic imine (C=N–C) groups is 1. The first-order valence-corrected chi connectivity index (χ1v) is 8.09. The standard InChI is InChI=1S/C20H22N4/c1-15-7-3-4-8-16(15)13-23-20(21-2)24-14-17-11-12-22-19-10-6-5-9-18(17)19/h3-12H,13-14H2,1-2H3,(H2,21,23,24). The zero-order valence-electron chi connectivity index (χ0n) is 14.1. The van der Waals surface area contributed by atoms with Crippen LogP contribution in [0.5, 0.6) is 0 Å². The van der Waals surface area contributed by atoms with Crippen LogP contribution in [0.25, 0.3) is 10.9 Å². The number of nitrogens with one attached hydrogen (secondary N) is 2. The Morgan fingerprint density at radius 3 is 2.42 bits per heavy atom. The topological polar surface area (TPSA) is 49.3 Å². The molecule has 0 saturated carbocycles. The van der Waals surface area contributed by atoms with Crippen molar-refractivity contribution in [3.63, 3.8) is 0 Å². The highest BCUT2D eigenvalue weighted by Gasteiger charge is 2.04. The van der Waals surface area contributed by atoms with Crippen molar-refractivity contribution in [1.82, 2.24) is 15.6 Å². The normalized spacial score (nSPS) is 11.5. The number of rotatable bonds is 4. The van der Waals surface area contributed by atoms with Gasteiger partial charge in [0, 0.05) is 31.7 Å². The second-order valence-corrected chi connectivity index (χ2v) is 5.69. The van der Waals surface area contributed by atoms with Gasteiger partial charge in [-0.15, -0.1) is 0 Å². The highest BCUT2D eigenvalue weighted by atomic mass is 15.2. The van der Waals surface area contributed by atoms with Crippen LogP contribution in [0, 0.1) is 6.92 Å². The molecule has 4 nitrogen and oxygen atoms in total. The molecule has 0 amide bonds. The summed E-state index contributed by atoms with van der Waals surface area (Å²) >= 11 is 0. The maximum Gasteiger partial charge on any atom is 0.191 e. The molecular formula is C20H22N4. The van der Waals surface area contributed by atoms with Gasteiger partial charge in [-0.2, -0.15) is 0 Å². The van der Waals surface area contributed by atoms with Crippen molar-refractivity contribution in [2.45, 2.75) is 20.0 Å². The lowest BCUT2D eigenvalue weighted by Crippen LogP contribution is -2.36. The van der Waals surface area contributed by atoms with E-state index in [-0.39, 0.29) is 0 Å². The van der Waals surface area contributed by atoms with Crippen molar-refractivity contribution in [2.75, 3.05) is 7.05 Å². The number of benzene rings is 2. The third-order valence-corrected chi connectivity index (χ3v) is 4.12. The van der Waals surface area contributed by atoms with Crippen LogP contribution in [0.1, 0.15) is 16.7 Å². The van der Waals surface area contributed by atoms with Gasteiger partial charge in [0.15, 0.2) is 5.96 Å². The molecule has 0 radical (unpaired) electrons. The lowest BCUT2D eigenvalue weighted by atomic mass is 10.1. The third kappa shape index (κ3) is 3.71. The van der Waals surface area contributed by atoms with E-state index in [4.69, 9.17) is 0 Å². The van der Waals surface area contributed by atoms with E-state index in [9.17, 15) is 0 Å². The van der Waals surface area contributed by atoms with E-state index in [1.54, 1.807) is 7.05 Å². The molecule has 3 rings (SSSR count). The predicted molar refractivity (Wildman–Crippen MR) is 100.0 cm³/mol. The first kappa shape index (κ1) is 16.0. The monoisotopic (exact) mass is 318 g/mol. The lowest BCUT2D eigenvalue weighted by molar-refractivity contribution is 0.808. The van der Waals surface area contributed by atoms with Crippen molar-refractivity contribution in [1.29, 1.82) is 0 Å². The summed E-state index contributed by atoms with van der Waals surface area (Å²) in [6, 6.07) is 18.6. The number of para-hydroxylation sites is 1. The molecule has 24 heavy (non-hydrogen) atoms. The van der Waals surface area contributed by atoms with Gasteiger partial charge in [-0.25, -0.2) is 0 Å². The number of nitrogens with zero attached hydrogens (tertiary/aromatic N) is 2. The fourth-order valence-electron chi connectivity index (χ4n) is 2.70. The molecule has 2 N–H and O–H groups in total. The van der Waals surface area contributed by atoms with Crippen molar-refractivity contribution in [3.05, 3.63) is 77.5 Å². The number of pyridine rings is 1. The number of hydrogen-bond acceptors (Lipinski definition) is 2. The molecule has 1 heterocycles. The average molecular weight is 318 g/mol. The first-order chi connectivity index (χ1) is 11.8. The van der Waals surface area contributed by atoms with Crippen LogP contribution in [0.2, 0.25) is 0 Å². The highest BCUT2D eigenvalue weighted by Crippen LogP contribution is 2.15. The molecule has 1 aromatic heterocycles. The molecular weight excluding hydrogens is 296 g/mol. The molecule has 0 saturated heterocycles. The summed E-state index contributed by atoms with van der Waals surface area (Å²) in [5.74, 6) is 0.791. The first-order valence-electron chi connectivity index (χ1n) is 8.09. The minimum Gasteiger partial charge on any atom is -0.352 e. The minimum atomic E-state index is 0.705. The van der Waals surface area contributed by atoms with E-state index in [2.05, 4.69) is 57.9 Å². The van der Waals surface area contributed by atoms with Crippen molar-refractivity contribution in [3.8, 4) is 0 Å². The molecule has 2 aromatic carbocycles. The number of guanidine groups is 1. The summed E-state index contributed by atoms with van der Waals surface area (Å²) in [5.41, 5.74) is 4.77. The Kier molecular flexibility index (Phi) is 5.06. The van der Waals surface area contributed by atoms with Gasteiger partial charge in [-0.1, -0.05) is 42.5 Å². The van der Waals surface area contributed by atoms with Crippen molar-refractivity contribution in [2.24, 2.45) is 4.99 Å². The molecule has 122 valence electrons. The Hall–Kier alpha value is -2.88. The zero-order valence-corrected chi connectivity index (χ0v) is 14.1. The number of aromatic nitrogens is 1. The number of aryl methyl sites for hydroxylation is 1. The van der Waals surface area contributed by atoms with Gasteiger partial charge in [0.25, 0.3) is 0 Å². The summed E-state index contributed by atoms with van der Waals surface area (Å²) in [7, 11) is 1.79. The van der Waals surface area contributed by atoms with Crippen LogP contribution < -0.4 is 10.6 Å². The molecule has 0 atom stereocenters. The quantitative estimate of drug-likeness (QED) is 0.572. The third-order valence-electron chi connectivity index (χ3n) is 4.12. The molecule has 4 heteroatoms. The summed E-state index contributed by atoms with van der Waals surface area (Å²) in [6.45, 7) is 3.58. The molecule has 0 bridgehead atoms. The fraction of sp³-hybridized carbons (Fsp3) is 0.200. The summed E-state index contributed by atoms with van der Waals surface area (Å²) < 4.78 is 0. The maximum atomic E-state index is 4.40. The molecule has 0 spiro atoms. The second kappa shape index (κ2) is 7.59. The molecule has 0 aliphatic rings. The smallest absolute Gasteiger partial charge is 0.191 e. The summed E-state index contributed by atoms with van der Waals surface area (Å²) in [5, 5.41) is 7.92. The van der Waals surface area contributed by atoms with Crippen LogP contribution in [-0.4, -0.2) is 18.0 Å². The Morgan fingerprint density at radius 2 is 1.62 bits per heavy atom. The van der Waals surface area contributed by atoms with Gasteiger partial charge in [0.1, 0.15) is 0 Å². The Balaban J connectivity index is 1.65. The van der Waals surface area contributed by atoms with Crippen LogP contribution in [0.4, 0.5) is 0 Å². The Morgan fingerprint density at radius 1 is 0.917 bits per heavy atom. The average Bonchev–Trinajstić information content (AvgIpc) is 2.63. The minimum absolute atomic E-state index is 0.705. The summed E-state index contributed by atoms with van der Waals surface area (Å²) in [6.07, 6.45) is 1.85. The van der Waals surface area contributed by atoms with E-state index >= 15 is 0 Å².